The van der Waals surface area contributed by atoms with Gasteiger partial charge in [0.05, 0.1) is 5.75 Å². The Morgan fingerprint density at radius 3 is 2.17 bits per heavy atom. The number of carbonyl (C=O) groups is 1. The summed E-state index contributed by atoms with van der Waals surface area (Å²) in [5, 5.41) is 0. The molecule has 0 saturated carbocycles. The first-order valence-electron chi connectivity index (χ1n) is 7.19. The Kier molecular flexibility index (Phi) is 5.18. The number of amides is 1. The summed E-state index contributed by atoms with van der Waals surface area (Å²) in [7, 11) is -3.43. The van der Waals surface area contributed by atoms with Crippen LogP contribution in [0.2, 0.25) is 0 Å². The van der Waals surface area contributed by atoms with Crippen LogP contribution in [0.4, 0.5) is 0 Å². The van der Waals surface area contributed by atoms with Crippen molar-refractivity contribution in [2.24, 2.45) is 5.73 Å². The Hall–Kier alpha value is -2.18. The van der Waals surface area contributed by atoms with Gasteiger partial charge in [-0.25, -0.2) is 13.1 Å². The van der Waals surface area contributed by atoms with Crippen LogP contribution < -0.4 is 10.5 Å². The van der Waals surface area contributed by atoms with E-state index in [0.29, 0.717) is 5.56 Å². The zero-order chi connectivity index (χ0) is 17.0. The molecule has 6 heteroatoms. The van der Waals surface area contributed by atoms with E-state index in [9.17, 15) is 13.2 Å². The van der Waals surface area contributed by atoms with Crippen LogP contribution in [-0.2, 0) is 22.3 Å². The van der Waals surface area contributed by atoms with E-state index in [1.807, 2.05) is 32.0 Å². The summed E-state index contributed by atoms with van der Waals surface area (Å²) in [5.41, 5.74) is 9.28. The van der Waals surface area contributed by atoms with Gasteiger partial charge in [0, 0.05) is 12.1 Å². The molecule has 0 aromatic heterocycles. The van der Waals surface area contributed by atoms with Crippen LogP contribution in [0.15, 0.2) is 42.5 Å². The van der Waals surface area contributed by atoms with Crippen LogP contribution in [0.1, 0.15) is 32.6 Å². The Balaban J connectivity index is 2.00. The van der Waals surface area contributed by atoms with Crippen molar-refractivity contribution in [2.75, 3.05) is 0 Å². The predicted octanol–water partition coefficient (Wildman–Crippen LogP) is 2.02. The lowest BCUT2D eigenvalue weighted by Crippen LogP contribution is -2.24. The number of benzene rings is 2. The van der Waals surface area contributed by atoms with E-state index < -0.39 is 15.9 Å². The quantitative estimate of drug-likeness (QED) is 0.848. The number of hydrogen-bond acceptors (Lipinski definition) is 3. The van der Waals surface area contributed by atoms with Crippen LogP contribution in [0.25, 0.3) is 0 Å². The second kappa shape index (κ2) is 6.93. The van der Waals surface area contributed by atoms with Gasteiger partial charge in [-0.15, -0.1) is 0 Å². The lowest BCUT2D eigenvalue weighted by atomic mass is 10.1. The standard InChI is InChI=1S/C17H20N2O3S/c1-12-3-4-15(9-13(12)2)11-23(21,22)19-10-14-5-7-16(8-6-14)17(18)20/h3-9,19H,10-11H2,1-2H3,(H2,18,20). The Labute approximate surface area is 136 Å². The normalized spacial score (nSPS) is 11.4. The van der Waals surface area contributed by atoms with Crippen molar-refractivity contribution < 1.29 is 13.2 Å². The molecule has 0 spiro atoms. The van der Waals surface area contributed by atoms with E-state index in [0.717, 1.165) is 22.3 Å². The topological polar surface area (TPSA) is 89.3 Å². The van der Waals surface area contributed by atoms with Crippen LogP contribution in [0, 0.1) is 13.8 Å². The minimum absolute atomic E-state index is 0.0620. The molecule has 0 unspecified atom stereocenters. The van der Waals surface area contributed by atoms with Crippen molar-refractivity contribution in [3.8, 4) is 0 Å². The van der Waals surface area contributed by atoms with Gasteiger partial charge in [0.15, 0.2) is 0 Å². The summed E-state index contributed by atoms with van der Waals surface area (Å²) in [6.07, 6.45) is 0. The molecule has 5 nitrogen and oxygen atoms in total. The summed E-state index contributed by atoms with van der Waals surface area (Å²) in [4.78, 5) is 11.0. The van der Waals surface area contributed by atoms with E-state index in [1.54, 1.807) is 24.3 Å². The summed E-state index contributed by atoms with van der Waals surface area (Å²) >= 11 is 0. The first-order chi connectivity index (χ1) is 10.8. The van der Waals surface area contributed by atoms with E-state index in [4.69, 9.17) is 5.73 Å². The zero-order valence-corrected chi connectivity index (χ0v) is 14.0. The van der Waals surface area contributed by atoms with Crippen molar-refractivity contribution in [1.29, 1.82) is 0 Å². The highest BCUT2D eigenvalue weighted by molar-refractivity contribution is 7.88. The molecule has 23 heavy (non-hydrogen) atoms. The molecule has 1 amide bonds. The summed E-state index contributed by atoms with van der Waals surface area (Å²) < 4.78 is 26.9. The summed E-state index contributed by atoms with van der Waals surface area (Å²) in [6, 6.07) is 12.1. The second-order valence-electron chi connectivity index (χ2n) is 5.56. The maximum absolute atomic E-state index is 12.2. The maximum Gasteiger partial charge on any atom is 0.248 e. The van der Waals surface area contributed by atoms with Gasteiger partial charge in [0.25, 0.3) is 0 Å². The molecule has 0 fully saturated rings. The molecule has 0 aliphatic heterocycles. The molecule has 3 N–H and O–H groups in total. The first kappa shape index (κ1) is 17.2. The fraction of sp³-hybridized carbons (Fsp3) is 0.235. The summed E-state index contributed by atoms with van der Waals surface area (Å²) in [6.45, 7) is 4.12. The lowest BCUT2D eigenvalue weighted by Gasteiger charge is -2.09. The molecule has 0 heterocycles. The SMILES string of the molecule is Cc1ccc(CS(=O)(=O)NCc2ccc(C(N)=O)cc2)cc1C. The molecule has 2 aromatic carbocycles. The molecule has 0 saturated heterocycles. The van der Waals surface area contributed by atoms with Crippen LogP contribution in [-0.4, -0.2) is 14.3 Å². The molecule has 2 aromatic rings. The number of carbonyl (C=O) groups excluding carboxylic acids is 1. The molecule has 0 radical (unpaired) electrons. The third kappa shape index (κ3) is 4.91. The van der Waals surface area contributed by atoms with Gasteiger partial charge in [-0.2, -0.15) is 0 Å². The van der Waals surface area contributed by atoms with Crippen molar-refractivity contribution in [2.45, 2.75) is 26.1 Å². The molecular weight excluding hydrogens is 312 g/mol. The Bertz CT molecular complexity index is 812. The molecular formula is C17H20N2O3S. The van der Waals surface area contributed by atoms with Gasteiger partial charge in [0.1, 0.15) is 0 Å². The van der Waals surface area contributed by atoms with E-state index in [2.05, 4.69) is 4.72 Å². The fourth-order valence-electron chi connectivity index (χ4n) is 2.14. The largest absolute Gasteiger partial charge is 0.366 e. The van der Waals surface area contributed by atoms with Gasteiger partial charge in [-0.1, -0.05) is 30.3 Å². The summed E-state index contributed by atoms with van der Waals surface area (Å²) in [5.74, 6) is -0.570. The average Bonchev–Trinajstić information content (AvgIpc) is 2.49. The maximum atomic E-state index is 12.2. The Morgan fingerprint density at radius 2 is 1.61 bits per heavy atom. The lowest BCUT2D eigenvalue weighted by molar-refractivity contribution is 0.100. The highest BCUT2D eigenvalue weighted by atomic mass is 32.2. The van der Waals surface area contributed by atoms with Gasteiger partial charge >= 0.3 is 0 Å². The number of sulfonamides is 1. The first-order valence-corrected chi connectivity index (χ1v) is 8.84. The number of nitrogens with one attached hydrogen (secondary N) is 1. The van der Waals surface area contributed by atoms with Crippen molar-refractivity contribution in [3.63, 3.8) is 0 Å². The highest BCUT2D eigenvalue weighted by Crippen LogP contribution is 2.12. The third-order valence-electron chi connectivity index (χ3n) is 3.66. The van der Waals surface area contributed by atoms with E-state index >= 15 is 0 Å². The van der Waals surface area contributed by atoms with E-state index in [-0.39, 0.29) is 12.3 Å². The smallest absolute Gasteiger partial charge is 0.248 e. The van der Waals surface area contributed by atoms with Crippen molar-refractivity contribution >= 4 is 15.9 Å². The molecule has 0 aliphatic carbocycles. The predicted molar refractivity (Wildman–Crippen MR) is 90.3 cm³/mol. The van der Waals surface area contributed by atoms with Crippen molar-refractivity contribution in [3.05, 3.63) is 70.3 Å². The molecule has 0 aliphatic rings. The number of hydrogen-bond donors (Lipinski definition) is 2. The number of nitrogens with two attached hydrogens (primary N) is 1. The second-order valence-corrected chi connectivity index (χ2v) is 7.37. The Morgan fingerprint density at radius 1 is 1.00 bits per heavy atom. The minimum atomic E-state index is -3.43. The van der Waals surface area contributed by atoms with Gasteiger partial charge in [-0.3, -0.25) is 4.79 Å². The molecule has 0 bridgehead atoms. The van der Waals surface area contributed by atoms with Gasteiger partial charge in [0.2, 0.25) is 15.9 Å². The molecule has 0 atom stereocenters. The van der Waals surface area contributed by atoms with E-state index in [1.165, 1.54) is 0 Å². The van der Waals surface area contributed by atoms with Crippen LogP contribution in [0.5, 0.6) is 0 Å². The molecule has 122 valence electrons. The van der Waals surface area contributed by atoms with Crippen LogP contribution in [0.3, 0.4) is 0 Å². The monoisotopic (exact) mass is 332 g/mol. The highest BCUT2D eigenvalue weighted by Gasteiger charge is 2.12. The van der Waals surface area contributed by atoms with Crippen LogP contribution >= 0.6 is 0 Å². The average molecular weight is 332 g/mol. The zero-order valence-electron chi connectivity index (χ0n) is 13.2. The minimum Gasteiger partial charge on any atom is -0.366 e. The number of aryl methyl sites for hydroxylation is 2. The third-order valence-corrected chi connectivity index (χ3v) is 4.96. The van der Waals surface area contributed by atoms with Gasteiger partial charge in [-0.05, 0) is 48.2 Å². The van der Waals surface area contributed by atoms with Crippen molar-refractivity contribution in [1.82, 2.24) is 4.72 Å². The van der Waals surface area contributed by atoms with Gasteiger partial charge < -0.3 is 5.73 Å². The number of rotatable bonds is 6. The molecule has 2 rings (SSSR count). The fourth-order valence-corrected chi connectivity index (χ4v) is 3.25. The number of primary amides is 1.